The van der Waals surface area contributed by atoms with Crippen molar-refractivity contribution in [3.05, 3.63) is 12.2 Å². The molecule has 0 fully saturated rings. The SMILES string of the molecule is C=C(C)CN(CC)C(=O)CN(CCC)CCO. The summed E-state index contributed by atoms with van der Waals surface area (Å²) >= 11 is 0. The maximum absolute atomic E-state index is 12.0. The number of carbonyl (C=O) groups excluding carboxylic acids is 1. The van der Waals surface area contributed by atoms with Gasteiger partial charge in [0.25, 0.3) is 0 Å². The Hall–Kier alpha value is -0.870. The van der Waals surface area contributed by atoms with Crippen LogP contribution in [0.4, 0.5) is 0 Å². The van der Waals surface area contributed by atoms with Crippen molar-refractivity contribution in [3.63, 3.8) is 0 Å². The minimum absolute atomic E-state index is 0.0971. The Labute approximate surface area is 105 Å². The molecule has 0 rings (SSSR count). The van der Waals surface area contributed by atoms with Gasteiger partial charge in [0.05, 0.1) is 13.2 Å². The number of amides is 1. The Bertz CT molecular complexity index is 236. The van der Waals surface area contributed by atoms with Crippen LogP contribution in [0.2, 0.25) is 0 Å². The van der Waals surface area contributed by atoms with Crippen molar-refractivity contribution in [2.45, 2.75) is 27.2 Å². The van der Waals surface area contributed by atoms with E-state index >= 15 is 0 Å². The first-order valence-electron chi connectivity index (χ1n) is 6.30. The van der Waals surface area contributed by atoms with E-state index in [1.54, 1.807) is 4.90 Å². The Balaban J connectivity index is 4.29. The molecule has 4 nitrogen and oxygen atoms in total. The molecule has 100 valence electrons. The van der Waals surface area contributed by atoms with E-state index in [1.807, 2.05) is 18.7 Å². The van der Waals surface area contributed by atoms with Crippen LogP contribution in [0.5, 0.6) is 0 Å². The third-order valence-electron chi connectivity index (χ3n) is 2.51. The molecule has 0 saturated carbocycles. The minimum Gasteiger partial charge on any atom is -0.395 e. The summed E-state index contributed by atoms with van der Waals surface area (Å²) in [5.41, 5.74) is 0.990. The van der Waals surface area contributed by atoms with Crippen LogP contribution >= 0.6 is 0 Å². The smallest absolute Gasteiger partial charge is 0.237 e. The molecule has 17 heavy (non-hydrogen) atoms. The normalized spacial score (nSPS) is 10.6. The van der Waals surface area contributed by atoms with Gasteiger partial charge in [0, 0.05) is 19.6 Å². The van der Waals surface area contributed by atoms with E-state index in [1.165, 1.54) is 0 Å². The van der Waals surface area contributed by atoms with Crippen molar-refractivity contribution >= 4 is 5.91 Å². The van der Waals surface area contributed by atoms with Crippen LogP contribution in [-0.4, -0.2) is 60.1 Å². The van der Waals surface area contributed by atoms with Crippen LogP contribution in [0.1, 0.15) is 27.2 Å². The number of aliphatic hydroxyl groups excluding tert-OH is 1. The van der Waals surface area contributed by atoms with Crippen molar-refractivity contribution in [1.82, 2.24) is 9.80 Å². The molecule has 0 atom stereocenters. The highest BCUT2D eigenvalue weighted by molar-refractivity contribution is 5.78. The summed E-state index contributed by atoms with van der Waals surface area (Å²) in [5, 5.41) is 8.94. The lowest BCUT2D eigenvalue weighted by molar-refractivity contribution is -0.131. The number of rotatable bonds is 9. The molecule has 0 aromatic rings. The highest BCUT2D eigenvalue weighted by Crippen LogP contribution is 1.99. The topological polar surface area (TPSA) is 43.8 Å². The fourth-order valence-corrected chi connectivity index (χ4v) is 1.72. The summed E-state index contributed by atoms with van der Waals surface area (Å²) in [6.07, 6.45) is 0.986. The molecule has 0 aliphatic heterocycles. The number of nitrogens with zero attached hydrogens (tertiary/aromatic N) is 2. The second kappa shape index (κ2) is 9.19. The van der Waals surface area contributed by atoms with Crippen molar-refractivity contribution in [3.8, 4) is 0 Å². The van der Waals surface area contributed by atoms with Gasteiger partial charge in [-0.05, 0) is 26.8 Å². The number of likely N-dealkylation sites (N-methyl/N-ethyl adjacent to an activating group) is 1. The third kappa shape index (κ3) is 7.13. The van der Waals surface area contributed by atoms with Gasteiger partial charge in [-0.1, -0.05) is 19.1 Å². The van der Waals surface area contributed by atoms with Gasteiger partial charge in [-0.15, -0.1) is 0 Å². The van der Waals surface area contributed by atoms with Crippen LogP contribution in [0, 0.1) is 0 Å². The van der Waals surface area contributed by atoms with Gasteiger partial charge in [0.15, 0.2) is 0 Å². The van der Waals surface area contributed by atoms with Gasteiger partial charge in [-0.3, -0.25) is 9.69 Å². The summed E-state index contributed by atoms with van der Waals surface area (Å²) in [7, 11) is 0. The molecule has 0 heterocycles. The van der Waals surface area contributed by atoms with Crippen LogP contribution in [0.15, 0.2) is 12.2 Å². The van der Waals surface area contributed by atoms with Gasteiger partial charge in [-0.2, -0.15) is 0 Å². The molecule has 0 unspecified atom stereocenters. The molecule has 0 saturated heterocycles. The maximum atomic E-state index is 12.0. The van der Waals surface area contributed by atoms with Crippen LogP contribution in [0.25, 0.3) is 0 Å². The first-order valence-corrected chi connectivity index (χ1v) is 6.30. The summed E-state index contributed by atoms with van der Waals surface area (Å²) < 4.78 is 0. The molecule has 0 aromatic heterocycles. The molecule has 4 heteroatoms. The van der Waals surface area contributed by atoms with Crippen molar-refractivity contribution in [1.29, 1.82) is 0 Å². The van der Waals surface area contributed by atoms with Gasteiger partial charge in [-0.25, -0.2) is 0 Å². The zero-order chi connectivity index (χ0) is 13.3. The maximum Gasteiger partial charge on any atom is 0.237 e. The predicted octanol–water partition coefficient (Wildman–Crippen LogP) is 1.12. The van der Waals surface area contributed by atoms with E-state index in [-0.39, 0.29) is 12.5 Å². The number of hydrogen-bond donors (Lipinski definition) is 1. The van der Waals surface area contributed by atoms with Crippen molar-refractivity contribution < 1.29 is 9.90 Å². The lowest BCUT2D eigenvalue weighted by Gasteiger charge is -2.26. The van der Waals surface area contributed by atoms with E-state index in [0.717, 1.165) is 18.5 Å². The quantitative estimate of drug-likeness (QED) is 0.616. The fraction of sp³-hybridized carbons (Fsp3) is 0.769. The van der Waals surface area contributed by atoms with Gasteiger partial charge in [0.2, 0.25) is 5.91 Å². The van der Waals surface area contributed by atoms with Crippen molar-refractivity contribution in [2.24, 2.45) is 0 Å². The standard InChI is InChI=1S/C13H26N2O2/c1-5-7-14(8-9-16)11-13(17)15(6-2)10-12(3)4/h16H,3,5-11H2,1-2,4H3. The summed E-state index contributed by atoms with van der Waals surface area (Å²) in [6.45, 7) is 13.0. The van der Waals surface area contributed by atoms with E-state index in [2.05, 4.69) is 13.5 Å². The van der Waals surface area contributed by atoms with E-state index in [4.69, 9.17) is 5.11 Å². The molecular formula is C13H26N2O2. The Morgan fingerprint density at radius 3 is 2.29 bits per heavy atom. The number of aliphatic hydroxyl groups is 1. The second-order valence-electron chi connectivity index (χ2n) is 4.36. The second-order valence-corrected chi connectivity index (χ2v) is 4.36. The van der Waals surface area contributed by atoms with E-state index < -0.39 is 0 Å². The molecule has 0 spiro atoms. The predicted molar refractivity (Wildman–Crippen MR) is 70.9 cm³/mol. The van der Waals surface area contributed by atoms with Crippen LogP contribution in [0.3, 0.4) is 0 Å². The third-order valence-corrected chi connectivity index (χ3v) is 2.51. The van der Waals surface area contributed by atoms with Crippen LogP contribution in [-0.2, 0) is 4.79 Å². The molecular weight excluding hydrogens is 216 g/mol. The van der Waals surface area contributed by atoms with E-state index in [9.17, 15) is 4.79 Å². The van der Waals surface area contributed by atoms with Gasteiger partial charge in [0.1, 0.15) is 0 Å². The Kier molecular flexibility index (Phi) is 8.72. The first kappa shape index (κ1) is 16.1. The molecule has 1 amide bonds. The molecule has 0 aliphatic carbocycles. The Morgan fingerprint density at radius 2 is 1.88 bits per heavy atom. The largest absolute Gasteiger partial charge is 0.395 e. The molecule has 0 radical (unpaired) electrons. The summed E-state index contributed by atoms with van der Waals surface area (Å²) in [5.74, 6) is 0.109. The van der Waals surface area contributed by atoms with Crippen molar-refractivity contribution in [2.75, 3.05) is 39.3 Å². The average molecular weight is 242 g/mol. The monoisotopic (exact) mass is 242 g/mol. The van der Waals surface area contributed by atoms with E-state index in [0.29, 0.717) is 26.2 Å². The lowest BCUT2D eigenvalue weighted by Crippen LogP contribution is -2.42. The highest BCUT2D eigenvalue weighted by Gasteiger charge is 2.15. The first-order chi connectivity index (χ1) is 8.04. The van der Waals surface area contributed by atoms with Crippen LogP contribution < -0.4 is 0 Å². The summed E-state index contributed by atoms with van der Waals surface area (Å²) in [6, 6.07) is 0. The molecule has 0 bridgehead atoms. The molecule has 0 aromatic carbocycles. The Morgan fingerprint density at radius 1 is 1.24 bits per heavy atom. The lowest BCUT2D eigenvalue weighted by atomic mass is 10.3. The minimum atomic E-state index is 0.0971. The zero-order valence-corrected chi connectivity index (χ0v) is 11.4. The highest BCUT2D eigenvalue weighted by atomic mass is 16.3. The fourth-order valence-electron chi connectivity index (χ4n) is 1.72. The van der Waals surface area contributed by atoms with Gasteiger partial charge < -0.3 is 10.0 Å². The molecule has 0 aliphatic rings. The zero-order valence-electron chi connectivity index (χ0n) is 11.4. The molecule has 1 N–H and O–H groups in total. The summed E-state index contributed by atoms with van der Waals surface area (Å²) in [4.78, 5) is 15.8. The number of carbonyl (C=O) groups is 1. The van der Waals surface area contributed by atoms with Gasteiger partial charge >= 0.3 is 0 Å². The number of hydrogen-bond acceptors (Lipinski definition) is 3. The average Bonchev–Trinajstić information content (AvgIpc) is 2.26.